The van der Waals surface area contributed by atoms with Crippen molar-refractivity contribution in [3.05, 3.63) is 235 Å². The molecule has 0 amide bonds. The Hall–Kier alpha value is -8.40. The number of hydrogen-bond donors (Lipinski definition) is 0. The first-order chi connectivity index (χ1) is 38.0. The summed E-state index contributed by atoms with van der Waals surface area (Å²) in [6, 6.07) is 80.8. The van der Waals surface area contributed by atoms with Crippen molar-refractivity contribution in [3.63, 3.8) is 0 Å². The van der Waals surface area contributed by atoms with Gasteiger partial charge in [0.15, 0.2) is 0 Å². The number of rotatable bonds is 8. The third-order valence-electron chi connectivity index (χ3n) is 15.7. The Morgan fingerprint density at radius 3 is 1.70 bits per heavy atom. The van der Waals surface area contributed by atoms with Gasteiger partial charge >= 0.3 is 32.8 Å². The van der Waals surface area contributed by atoms with E-state index in [2.05, 4.69) is 282 Å². The summed E-state index contributed by atoms with van der Waals surface area (Å²) in [5, 5.41) is 4.67. The van der Waals surface area contributed by atoms with E-state index >= 15 is 0 Å². The van der Waals surface area contributed by atoms with Gasteiger partial charge in [0.05, 0.1) is 16.6 Å². The quantitative estimate of drug-likeness (QED) is 0.112. The van der Waals surface area contributed by atoms with E-state index < -0.39 is 0 Å². The van der Waals surface area contributed by atoms with Crippen LogP contribution in [-0.4, -0.2) is 20.1 Å². The molecule has 0 aliphatic carbocycles. The first kappa shape index (κ1) is 52.3. The zero-order chi connectivity index (χ0) is 54.5. The van der Waals surface area contributed by atoms with Crippen molar-refractivity contribution in [3.8, 4) is 45.3 Å². The minimum atomic E-state index is -0.0728. The molecule has 0 spiro atoms. The Kier molecular flexibility index (Phi) is 12.9. The number of para-hydroxylation sites is 4. The van der Waals surface area contributed by atoms with Gasteiger partial charge in [-0.3, -0.25) is 0 Å². The van der Waals surface area contributed by atoms with Crippen LogP contribution in [0, 0.1) is 19.1 Å². The molecule has 0 fully saturated rings. The molecule has 3 aromatic heterocycles. The summed E-state index contributed by atoms with van der Waals surface area (Å²) in [4.78, 5) is 5.21. The topological polar surface area (TPSA) is 38.0 Å². The maximum absolute atomic E-state index is 6.80. The molecule has 0 radical (unpaired) electrons. The molecule has 0 N–H and O–H groups in total. The third kappa shape index (κ3) is 9.21. The molecule has 12 aromatic rings. The summed E-state index contributed by atoms with van der Waals surface area (Å²) in [7, 11) is 0. The predicted octanol–water partition coefficient (Wildman–Crippen LogP) is 19.1. The number of aromatic nitrogens is 3. The molecular formula is C73H63N5OPt+2. The van der Waals surface area contributed by atoms with Crippen LogP contribution in [0.3, 0.4) is 0 Å². The van der Waals surface area contributed by atoms with Crippen molar-refractivity contribution >= 4 is 72.4 Å². The number of nitrogens with zero attached hydrogens (tertiary/aromatic N) is 5. The summed E-state index contributed by atoms with van der Waals surface area (Å²) < 4.78 is 15.8. The van der Waals surface area contributed by atoms with Crippen LogP contribution in [0.25, 0.3) is 77.4 Å². The van der Waals surface area contributed by atoms with Crippen LogP contribution in [-0.2, 0) is 37.3 Å². The molecule has 1 aliphatic heterocycles. The maximum Gasteiger partial charge on any atom is 2.00 e. The molecule has 80 heavy (non-hydrogen) atoms. The SMILES string of the molecule is Cc1cc(-n2c3[c-]c(Oc4[c-]c([N+]5=C=[N+](c6cc(C(C)(C)C)cc(C(C)(C)C)c6)c6c(-c7cccc(C(C)(C)C)c7)cccc65)ccc4)ccc3c3ccccc32)ncc1-c1cccc(-n2c3ccccc3c3ccccc32)c1.[Pt+2]. The fourth-order valence-electron chi connectivity index (χ4n) is 11.4. The van der Waals surface area contributed by atoms with Crippen molar-refractivity contribution in [2.75, 3.05) is 0 Å². The monoisotopic (exact) mass is 1220 g/mol. The number of aryl methyl sites for hydroxylation is 1. The first-order valence-corrected chi connectivity index (χ1v) is 27.4. The van der Waals surface area contributed by atoms with E-state index in [-0.39, 0.29) is 37.3 Å². The van der Waals surface area contributed by atoms with Crippen molar-refractivity contribution in [2.45, 2.75) is 85.5 Å². The standard InChI is InChI=1S/C73H63N5O.Pt/c1-47-37-69(74-45-63(47)49-22-18-25-54(39-49)77-64-31-14-11-27-59(64)60-28-12-15-32-65(60)77)78-66-33-16-13-29-61(66)62-36-35-57(44-68(62)78)79-56-26-19-24-53(43-56)75-46-76(55-41-51(72(5,6)7)40-52(42-55)73(8,9)10)70-58(30-20-34-67(70)75)48-21-17-23-50(38-48)71(2,3)4;/h11-42,45H,1-10H3;/q;+2. The number of pyridine rings is 1. The van der Waals surface area contributed by atoms with E-state index in [0.29, 0.717) is 11.5 Å². The molecular weight excluding hydrogens is 1160 g/mol. The minimum absolute atomic E-state index is 0. The second-order valence-corrected chi connectivity index (χ2v) is 24.3. The summed E-state index contributed by atoms with van der Waals surface area (Å²) in [5.74, 6) is 1.95. The van der Waals surface area contributed by atoms with E-state index in [1.54, 1.807) is 0 Å². The Balaban J connectivity index is 0.00000637. The average molecular weight is 1220 g/mol. The number of benzene rings is 9. The molecule has 7 heteroatoms. The summed E-state index contributed by atoms with van der Waals surface area (Å²) in [6.07, 6.45) is 2.01. The van der Waals surface area contributed by atoms with Gasteiger partial charge in [0.1, 0.15) is 11.5 Å². The normalized spacial score (nSPS) is 12.7. The van der Waals surface area contributed by atoms with Crippen molar-refractivity contribution in [1.29, 1.82) is 0 Å². The summed E-state index contributed by atoms with van der Waals surface area (Å²) in [6.45, 7) is 22.7. The molecule has 394 valence electrons. The Morgan fingerprint density at radius 1 is 0.475 bits per heavy atom. The predicted molar refractivity (Wildman–Crippen MR) is 330 cm³/mol. The van der Waals surface area contributed by atoms with Crippen LogP contribution in [0.5, 0.6) is 11.5 Å². The van der Waals surface area contributed by atoms with Gasteiger partial charge < -0.3 is 13.9 Å². The van der Waals surface area contributed by atoms with Gasteiger partial charge in [0.2, 0.25) is 5.69 Å². The van der Waals surface area contributed by atoms with Crippen LogP contribution >= 0.6 is 0 Å². The molecule has 0 bridgehead atoms. The van der Waals surface area contributed by atoms with Crippen LogP contribution in [0.2, 0.25) is 0 Å². The molecule has 4 heterocycles. The van der Waals surface area contributed by atoms with Gasteiger partial charge in [-0.1, -0.05) is 188 Å². The number of hydrogen-bond acceptors (Lipinski definition) is 2. The van der Waals surface area contributed by atoms with Gasteiger partial charge in [-0.05, 0) is 109 Å². The fraction of sp³-hybridized carbons (Fsp3) is 0.178. The molecule has 9 aromatic carbocycles. The molecule has 0 unspecified atom stereocenters. The van der Waals surface area contributed by atoms with Crippen LogP contribution in [0.1, 0.15) is 84.6 Å². The second kappa shape index (κ2) is 19.7. The van der Waals surface area contributed by atoms with E-state index in [4.69, 9.17) is 9.72 Å². The van der Waals surface area contributed by atoms with Gasteiger partial charge in [-0.25, -0.2) is 4.98 Å². The molecule has 6 nitrogen and oxygen atoms in total. The smallest absolute Gasteiger partial charge is 0.509 e. The average Bonchev–Trinajstić information content (AvgIpc) is 4.14. The largest absolute Gasteiger partial charge is 2.00 e. The van der Waals surface area contributed by atoms with Gasteiger partial charge in [0, 0.05) is 63.4 Å². The van der Waals surface area contributed by atoms with Crippen molar-refractivity contribution in [2.24, 2.45) is 0 Å². The van der Waals surface area contributed by atoms with Gasteiger partial charge in [0.25, 0.3) is 5.69 Å². The molecule has 1 aliphatic rings. The summed E-state index contributed by atoms with van der Waals surface area (Å²) >= 11 is 0. The van der Waals surface area contributed by atoms with Crippen LogP contribution < -0.4 is 13.9 Å². The Morgan fingerprint density at radius 2 is 1.05 bits per heavy atom. The minimum Gasteiger partial charge on any atom is -0.509 e. The number of ether oxygens (including phenoxy) is 1. The van der Waals surface area contributed by atoms with E-state index in [9.17, 15) is 0 Å². The van der Waals surface area contributed by atoms with Gasteiger partial charge in [-0.15, -0.1) is 23.6 Å². The zero-order valence-corrected chi connectivity index (χ0v) is 49.3. The van der Waals surface area contributed by atoms with E-state index in [1.807, 2.05) is 24.4 Å². The molecule has 0 saturated heterocycles. The second-order valence-electron chi connectivity index (χ2n) is 24.3. The Bertz CT molecular complexity index is 4440. The van der Waals surface area contributed by atoms with Crippen LogP contribution in [0.15, 0.2) is 200 Å². The van der Waals surface area contributed by atoms with Gasteiger partial charge in [-0.2, -0.15) is 12.1 Å². The van der Waals surface area contributed by atoms with Crippen LogP contribution in [0.4, 0.5) is 22.7 Å². The third-order valence-corrected chi connectivity index (χ3v) is 15.7. The first-order valence-electron chi connectivity index (χ1n) is 27.4. The maximum atomic E-state index is 6.80. The Labute approximate surface area is 483 Å². The van der Waals surface area contributed by atoms with E-state index in [0.717, 1.165) is 83.9 Å². The molecule has 0 saturated carbocycles. The van der Waals surface area contributed by atoms with Crippen molar-refractivity contribution in [1.82, 2.24) is 23.3 Å². The molecule has 0 atom stereocenters. The zero-order valence-electron chi connectivity index (χ0n) is 47.0. The molecule has 13 rings (SSSR count). The fourth-order valence-corrected chi connectivity index (χ4v) is 11.4. The van der Waals surface area contributed by atoms with E-state index in [1.165, 1.54) is 38.5 Å². The van der Waals surface area contributed by atoms with Crippen molar-refractivity contribution < 1.29 is 25.8 Å². The number of fused-ring (bicyclic) bond motifs is 7. The summed E-state index contributed by atoms with van der Waals surface area (Å²) in [5.41, 5.74) is 18.6.